The van der Waals surface area contributed by atoms with Crippen molar-refractivity contribution in [2.45, 2.75) is 25.3 Å². The van der Waals surface area contributed by atoms with Crippen LogP contribution in [0.5, 0.6) is 0 Å². The van der Waals surface area contributed by atoms with Crippen molar-refractivity contribution in [3.8, 4) is 11.1 Å². The topological polar surface area (TPSA) is 3.24 Å². The second-order valence-corrected chi connectivity index (χ2v) is 13.9. The second kappa shape index (κ2) is 8.73. The van der Waals surface area contributed by atoms with E-state index in [0.29, 0.717) is 0 Å². The molecular formula is C28H24Cl2NTi. The maximum atomic E-state index is 6.74. The molecule has 0 spiro atoms. The third-order valence-electron chi connectivity index (χ3n) is 6.51. The van der Waals surface area contributed by atoms with Crippen molar-refractivity contribution in [1.82, 2.24) is 0 Å². The fourth-order valence-electron chi connectivity index (χ4n) is 5.13. The Morgan fingerprint density at radius 1 is 0.625 bits per heavy atom. The molecule has 4 aromatic rings. The summed E-state index contributed by atoms with van der Waals surface area (Å²) >= 11 is -2.52. The average molecular weight is 493 g/mol. The Morgan fingerprint density at radius 3 is 1.66 bits per heavy atom. The molecule has 0 bridgehead atoms. The van der Waals surface area contributed by atoms with Crippen LogP contribution in [0.2, 0.25) is 0 Å². The van der Waals surface area contributed by atoms with Gasteiger partial charge in [0.2, 0.25) is 0 Å². The third-order valence-corrected chi connectivity index (χ3v) is 9.71. The first kappa shape index (κ1) is 21.8. The van der Waals surface area contributed by atoms with Crippen LogP contribution < -0.4 is 3.38 Å². The molecule has 0 heterocycles. The summed E-state index contributed by atoms with van der Waals surface area (Å²) in [4.78, 5) is 0. The molecule has 0 aromatic heterocycles. The zero-order valence-corrected chi connectivity index (χ0v) is 21.2. The van der Waals surface area contributed by atoms with Gasteiger partial charge in [-0.25, -0.2) is 0 Å². The summed E-state index contributed by atoms with van der Waals surface area (Å²) < 4.78 is 2.25. The van der Waals surface area contributed by atoms with E-state index in [0.717, 1.165) is 5.69 Å². The Bertz CT molecular complexity index is 1210. The maximum absolute atomic E-state index is 6.74. The van der Waals surface area contributed by atoms with Crippen LogP contribution in [0.15, 0.2) is 103 Å². The Hall–Kier alpha value is -2.03. The van der Waals surface area contributed by atoms with Crippen molar-refractivity contribution in [3.63, 3.8) is 0 Å². The van der Waals surface area contributed by atoms with Gasteiger partial charge in [0.25, 0.3) is 0 Å². The molecule has 0 atom stereocenters. The van der Waals surface area contributed by atoms with Gasteiger partial charge in [0, 0.05) is 0 Å². The molecule has 5 rings (SSSR count). The predicted octanol–water partition coefficient (Wildman–Crippen LogP) is 8.43. The van der Waals surface area contributed by atoms with E-state index in [4.69, 9.17) is 18.6 Å². The van der Waals surface area contributed by atoms with Gasteiger partial charge in [-0.2, -0.15) is 0 Å². The Morgan fingerprint density at radius 2 is 1.09 bits per heavy atom. The predicted molar refractivity (Wildman–Crippen MR) is 133 cm³/mol. The Labute approximate surface area is 204 Å². The number of halogens is 2. The number of para-hydroxylation sites is 1. The molecule has 1 aliphatic rings. The van der Waals surface area contributed by atoms with Crippen LogP contribution >= 0.6 is 18.6 Å². The molecule has 0 fully saturated rings. The minimum absolute atomic E-state index is 0.185. The number of hydrogen-bond acceptors (Lipinski definition) is 1. The second-order valence-electron chi connectivity index (χ2n) is 8.67. The molecule has 0 saturated heterocycles. The van der Waals surface area contributed by atoms with Gasteiger partial charge in [-0.05, 0) is 0 Å². The standard InChI is InChI=1S/C28H24N.2ClH.Ti/c1-28(2,29-20-12-4-3-5-13-20)26-19-11-10-18-25(26)27-23-16-8-6-14-21(23)22-15-7-9-17-24(22)27;;;/h3-19,27H,1-2H3;2*1H;/q-1;;;+3/p-2. The van der Waals surface area contributed by atoms with Crippen LogP contribution in [0.1, 0.15) is 42.0 Å². The van der Waals surface area contributed by atoms with Crippen LogP contribution in [0, 0.1) is 0 Å². The van der Waals surface area contributed by atoms with E-state index in [1.807, 2.05) is 18.2 Å². The summed E-state index contributed by atoms with van der Waals surface area (Å²) in [5.41, 5.74) is 8.62. The van der Waals surface area contributed by atoms with Gasteiger partial charge in [-0.1, -0.05) is 0 Å². The van der Waals surface area contributed by atoms with Crippen molar-refractivity contribution in [2.24, 2.45) is 0 Å². The number of fused-ring (bicyclic) bond motifs is 3. The molecule has 0 unspecified atom stereocenters. The van der Waals surface area contributed by atoms with E-state index in [1.54, 1.807) is 0 Å². The molecule has 4 aromatic carbocycles. The summed E-state index contributed by atoms with van der Waals surface area (Å²) in [6.07, 6.45) is 0. The molecule has 0 aliphatic heterocycles. The number of nitrogens with zero attached hydrogens (tertiary/aromatic N) is 1. The first-order valence-corrected chi connectivity index (χ1v) is 15.8. The van der Waals surface area contributed by atoms with Crippen LogP contribution in [0.3, 0.4) is 0 Å². The van der Waals surface area contributed by atoms with Gasteiger partial charge in [-0.15, -0.1) is 0 Å². The molecule has 0 N–H and O–H groups in total. The zero-order valence-electron chi connectivity index (χ0n) is 18.1. The molecular weight excluding hydrogens is 469 g/mol. The molecule has 0 radical (unpaired) electrons. The molecule has 159 valence electrons. The van der Waals surface area contributed by atoms with Crippen molar-refractivity contribution in [2.75, 3.05) is 3.38 Å². The van der Waals surface area contributed by atoms with Gasteiger partial charge >= 0.3 is 205 Å². The monoisotopic (exact) mass is 492 g/mol. The van der Waals surface area contributed by atoms with Crippen molar-refractivity contribution in [3.05, 3.63) is 125 Å². The van der Waals surface area contributed by atoms with Crippen LogP contribution in [-0.2, 0) is 21.5 Å². The quantitative estimate of drug-likeness (QED) is 0.222. The van der Waals surface area contributed by atoms with E-state index < -0.39 is 16.0 Å². The molecule has 32 heavy (non-hydrogen) atoms. The number of rotatable bonds is 5. The molecule has 0 amide bonds. The van der Waals surface area contributed by atoms with Crippen LogP contribution in [0.25, 0.3) is 11.1 Å². The van der Waals surface area contributed by atoms with Crippen LogP contribution in [-0.4, -0.2) is 0 Å². The van der Waals surface area contributed by atoms with Crippen molar-refractivity contribution < 1.29 is 16.0 Å². The summed E-state index contributed by atoms with van der Waals surface area (Å²) in [5, 5.41) is 0. The van der Waals surface area contributed by atoms with E-state index in [9.17, 15) is 0 Å². The summed E-state index contributed by atoms with van der Waals surface area (Å²) in [6.45, 7) is 4.48. The molecule has 0 saturated carbocycles. The van der Waals surface area contributed by atoms with Crippen molar-refractivity contribution >= 4 is 24.3 Å². The number of anilines is 1. The normalized spacial score (nSPS) is 12.9. The van der Waals surface area contributed by atoms with E-state index in [-0.39, 0.29) is 11.5 Å². The molecule has 1 aliphatic carbocycles. The van der Waals surface area contributed by atoms with E-state index in [1.165, 1.54) is 33.4 Å². The number of hydrogen-bond donors (Lipinski definition) is 0. The first-order chi connectivity index (χ1) is 15.5. The van der Waals surface area contributed by atoms with Gasteiger partial charge in [-0.3, -0.25) is 0 Å². The van der Waals surface area contributed by atoms with Gasteiger partial charge < -0.3 is 0 Å². The fraction of sp³-hybridized carbons (Fsp3) is 0.143. The van der Waals surface area contributed by atoms with Gasteiger partial charge in [0.05, 0.1) is 0 Å². The van der Waals surface area contributed by atoms with E-state index >= 15 is 0 Å². The molecule has 4 heteroatoms. The Kier molecular flexibility index (Phi) is 5.95. The van der Waals surface area contributed by atoms with Crippen molar-refractivity contribution in [1.29, 1.82) is 0 Å². The molecule has 1 nitrogen and oxygen atoms in total. The first-order valence-electron chi connectivity index (χ1n) is 10.8. The summed E-state index contributed by atoms with van der Waals surface area (Å²) in [5.74, 6) is 0.185. The average Bonchev–Trinajstić information content (AvgIpc) is 3.14. The van der Waals surface area contributed by atoms with Gasteiger partial charge in [0.15, 0.2) is 0 Å². The fourth-order valence-corrected chi connectivity index (χ4v) is 9.06. The number of benzene rings is 4. The SMILES string of the molecule is CC(C)(c1ccccc1C1c2ccccc2-c2ccccc21)[N](c1ccccc1)[Ti]([Cl])[Cl]. The summed E-state index contributed by atoms with van der Waals surface area (Å²) in [7, 11) is 13.5. The zero-order chi connectivity index (χ0) is 22.3. The third kappa shape index (κ3) is 3.62. The Balaban J connectivity index is 1.70. The van der Waals surface area contributed by atoms with Gasteiger partial charge in [0.1, 0.15) is 0 Å². The summed E-state index contributed by atoms with van der Waals surface area (Å²) in [6, 6.07) is 36.6. The minimum atomic E-state index is -2.52. The van der Waals surface area contributed by atoms with Crippen LogP contribution in [0.4, 0.5) is 5.69 Å². The van der Waals surface area contributed by atoms with E-state index in [2.05, 4.69) is 102 Å².